The van der Waals surface area contributed by atoms with Crippen LogP contribution >= 0.6 is 0 Å². The van der Waals surface area contributed by atoms with Crippen molar-refractivity contribution in [2.75, 3.05) is 4.90 Å². The Morgan fingerprint density at radius 3 is 1.62 bits per heavy atom. The van der Waals surface area contributed by atoms with E-state index in [0.29, 0.717) is 17.5 Å². The highest BCUT2D eigenvalue weighted by Gasteiger charge is 2.25. The van der Waals surface area contributed by atoms with E-state index in [-0.39, 0.29) is 0 Å². The van der Waals surface area contributed by atoms with Crippen LogP contribution in [0.5, 0.6) is 0 Å². The lowest BCUT2D eigenvalue weighted by Crippen LogP contribution is -2.13. The first-order chi connectivity index (χ1) is 27.7. The van der Waals surface area contributed by atoms with Crippen LogP contribution in [0.2, 0.25) is 0 Å². The predicted octanol–water partition coefficient (Wildman–Crippen LogP) is 13.7. The van der Waals surface area contributed by atoms with E-state index >= 15 is 0 Å². The number of benzene rings is 7. The van der Waals surface area contributed by atoms with Crippen molar-refractivity contribution >= 4 is 44.6 Å². The average molecular weight is 721 g/mol. The van der Waals surface area contributed by atoms with Gasteiger partial charge in [0, 0.05) is 56.0 Å². The standard InChI is InChI=1S/C51H36N4O/c1-3-19-35(4-2)49-52-50(38-24-13-7-14-25-38)54-51(53-49)39-32-44(36-20-9-5-10-21-36)48(45(33-39)37-22-11-6-12-23-37)55(40-26-15-8-16-27-40)41-30-31-43-42-28-17-18-29-46(42)56-47(43)34-41/h3-34H,1-2H2/b35-19+. The van der Waals surface area contributed by atoms with Gasteiger partial charge in [0.25, 0.3) is 0 Å². The summed E-state index contributed by atoms with van der Waals surface area (Å²) in [6.45, 7) is 7.98. The number of aromatic nitrogens is 3. The number of rotatable bonds is 10. The zero-order chi connectivity index (χ0) is 37.8. The van der Waals surface area contributed by atoms with E-state index in [9.17, 15) is 0 Å². The lowest BCUT2D eigenvalue weighted by atomic mass is 9.91. The minimum absolute atomic E-state index is 0.514. The number of hydrogen-bond acceptors (Lipinski definition) is 5. The largest absolute Gasteiger partial charge is 0.456 e. The summed E-state index contributed by atoms with van der Waals surface area (Å²) in [6.07, 6.45) is 5.34. The Kier molecular flexibility index (Phi) is 9.16. The van der Waals surface area contributed by atoms with Gasteiger partial charge in [0.2, 0.25) is 0 Å². The van der Waals surface area contributed by atoms with Crippen LogP contribution in [-0.2, 0) is 0 Å². The monoisotopic (exact) mass is 720 g/mol. The fraction of sp³-hybridized carbons (Fsp3) is 0. The number of furan rings is 1. The zero-order valence-electron chi connectivity index (χ0n) is 30.6. The summed E-state index contributed by atoms with van der Waals surface area (Å²) in [5, 5.41) is 2.16. The van der Waals surface area contributed by atoms with Crippen LogP contribution in [0.25, 0.3) is 72.5 Å². The smallest absolute Gasteiger partial charge is 0.164 e. The molecule has 9 aromatic rings. The summed E-state index contributed by atoms with van der Waals surface area (Å²) in [6, 6.07) is 60.6. The Balaban J connectivity index is 1.37. The van der Waals surface area contributed by atoms with Crippen molar-refractivity contribution in [1.82, 2.24) is 15.0 Å². The molecule has 0 spiro atoms. The number of hydrogen-bond donors (Lipinski definition) is 0. The van der Waals surface area contributed by atoms with Gasteiger partial charge in [-0.3, -0.25) is 0 Å². The summed E-state index contributed by atoms with van der Waals surface area (Å²) in [5.74, 6) is 1.63. The van der Waals surface area contributed by atoms with E-state index in [2.05, 4.69) is 127 Å². The van der Waals surface area contributed by atoms with Crippen LogP contribution in [0.1, 0.15) is 5.82 Å². The molecular weight excluding hydrogens is 685 g/mol. The molecule has 9 rings (SSSR count). The minimum atomic E-state index is 0.514. The molecule has 0 saturated heterocycles. The van der Waals surface area contributed by atoms with E-state index < -0.39 is 0 Å². The fourth-order valence-corrected chi connectivity index (χ4v) is 7.23. The van der Waals surface area contributed by atoms with Crippen LogP contribution < -0.4 is 4.90 Å². The molecule has 0 radical (unpaired) electrons. The average Bonchev–Trinajstić information content (AvgIpc) is 3.65. The number of anilines is 3. The molecule has 0 aliphatic heterocycles. The molecule has 5 heteroatoms. The quantitative estimate of drug-likeness (QED) is 0.132. The van der Waals surface area contributed by atoms with E-state index in [4.69, 9.17) is 19.4 Å². The molecule has 0 unspecified atom stereocenters. The first-order valence-electron chi connectivity index (χ1n) is 18.5. The van der Waals surface area contributed by atoms with Gasteiger partial charge in [-0.05, 0) is 53.6 Å². The third-order valence-corrected chi connectivity index (χ3v) is 9.84. The SMILES string of the molecule is C=C/C=C(\C=C)c1nc(-c2ccccc2)nc(-c2cc(-c3ccccc3)c(N(c3ccccc3)c3ccc4c(c3)oc3ccccc34)c(-c3ccccc3)c2)n1. The molecule has 7 aromatic carbocycles. The summed E-state index contributed by atoms with van der Waals surface area (Å²) < 4.78 is 6.46. The first-order valence-corrected chi connectivity index (χ1v) is 18.5. The van der Waals surface area contributed by atoms with Gasteiger partial charge in [-0.15, -0.1) is 0 Å². The molecule has 0 saturated carbocycles. The van der Waals surface area contributed by atoms with Gasteiger partial charge in [-0.2, -0.15) is 0 Å². The molecule has 0 aliphatic rings. The van der Waals surface area contributed by atoms with Crippen LogP contribution in [-0.4, -0.2) is 15.0 Å². The van der Waals surface area contributed by atoms with E-state index in [1.165, 1.54) is 0 Å². The number of allylic oxidation sites excluding steroid dienone is 4. The van der Waals surface area contributed by atoms with Crippen LogP contribution in [0.15, 0.2) is 212 Å². The maximum absolute atomic E-state index is 6.46. The van der Waals surface area contributed by atoms with Gasteiger partial charge < -0.3 is 9.32 Å². The lowest BCUT2D eigenvalue weighted by Gasteiger charge is -2.31. The topological polar surface area (TPSA) is 55.1 Å². The van der Waals surface area contributed by atoms with Gasteiger partial charge in [0.1, 0.15) is 11.2 Å². The Labute approximate surface area is 325 Å². The van der Waals surface area contributed by atoms with E-state index in [1.54, 1.807) is 12.2 Å². The van der Waals surface area contributed by atoms with Gasteiger partial charge in [0.15, 0.2) is 17.5 Å². The molecule has 0 bridgehead atoms. The summed E-state index contributed by atoms with van der Waals surface area (Å²) in [5.41, 5.74) is 11.2. The number of fused-ring (bicyclic) bond motifs is 3. The van der Waals surface area contributed by atoms with Crippen molar-refractivity contribution in [1.29, 1.82) is 0 Å². The van der Waals surface area contributed by atoms with E-state index in [0.717, 1.165) is 78.0 Å². The molecule has 2 heterocycles. The minimum Gasteiger partial charge on any atom is -0.456 e. The number of para-hydroxylation sites is 2. The van der Waals surface area contributed by atoms with Crippen molar-refractivity contribution in [3.05, 3.63) is 213 Å². The van der Waals surface area contributed by atoms with Crippen LogP contribution in [0.3, 0.4) is 0 Å². The van der Waals surface area contributed by atoms with Crippen molar-refractivity contribution in [2.24, 2.45) is 0 Å². The van der Waals surface area contributed by atoms with Gasteiger partial charge in [-0.25, -0.2) is 15.0 Å². The third kappa shape index (κ3) is 6.48. The highest BCUT2D eigenvalue weighted by molar-refractivity contribution is 6.07. The van der Waals surface area contributed by atoms with Crippen molar-refractivity contribution in [2.45, 2.75) is 0 Å². The van der Waals surface area contributed by atoms with Crippen molar-refractivity contribution in [3.63, 3.8) is 0 Å². The zero-order valence-corrected chi connectivity index (χ0v) is 30.6. The second-order valence-electron chi connectivity index (χ2n) is 13.3. The second kappa shape index (κ2) is 15.0. The van der Waals surface area contributed by atoms with Gasteiger partial charge in [0.05, 0.1) is 5.69 Å². The van der Waals surface area contributed by atoms with E-state index in [1.807, 2.05) is 72.8 Å². The third-order valence-electron chi connectivity index (χ3n) is 9.84. The highest BCUT2D eigenvalue weighted by Crippen LogP contribution is 2.49. The summed E-state index contributed by atoms with van der Waals surface area (Å²) >= 11 is 0. The molecule has 266 valence electrons. The second-order valence-corrected chi connectivity index (χ2v) is 13.3. The molecular formula is C51H36N4O. The van der Waals surface area contributed by atoms with Crippen molar-refractivity contribution in [3.8, 4) is 45.0 Å². The predicted molar refractivity (Wildman–Crippen MR) is 232 cm³/mol. The van der Waals surface area contributed by atoms with Crippen molar-refractivity contribution < 1.29 is 4.42 Å². The summed E-state index contributed by atoms with van der Waals surface area (Å²) in [7, 11) is 0. The molecule has 56 heavy (non-hydrogen) atoms. The van der Waals surface area contributed by atoms with Gasteiger partial charge >= 0.3 is 0 Å². The fourth-order valence-electron chi connectivity index (χ4n) is 7.23. The maximum atomic E-state index is 6.46. The molecule has 0 aliphatic carbocycles. The molecule has 0 N–H and O–H groups in total. The molecule has 0 fully saturated rings. The Morgan fingerprint density at radius 1 is 0.482 bits per heavy atom. The first kappa shape index (κ1) is 34.2. The Morgan fingerprint density at radius 2 is 1.02 bits per heavy atom. The Bertz CT molecular complexity index is 2820. The molecule has 5 nitrogen and oxygen atoms in total. The highest BCUT2D eigenvalue weighted by atomic mass is 16.3. The Hall–Kier alpha value is -7.63. The molecule has 0 amide bonds. The molecule has 2 aromatic heterocycles. The maximum Gasteiger partial charge on any atom is 0.164 e. The normalized spacial score (nSPS) is 11.5. The number of nitrogens with zero attached hydrogens (tertiary/aromatic N) is 4. The van der Waals surface area contributed by atoms with Gasteiger partial charge in [-0.1, -0.05) is 159 Å². The summed E-state index contributed by atoms with van der Waals surface area (Å²) in [4.78, 5) is 17.5. The molecule has 0 atom stereocenters. The van der Waals surface area contributed by atoms with Crippen LogP contribution in [0.4, 0.5) is 17.1 Å². The van der Waals surface area contributed by atoms with Crippen LogP contribution in [0, 0.1) is 0 Å². The lowest BCUT2D eigenvalue weighted by molar-refractivity contribution is 0.669.